The number of benzene rings is 1. The normalized spacial score (nSPS) is 11.5. The fourth-order valence-electron chi connectivity index (χ4n) is 1.19. The standard InChI is InChI=1S/C12H18ClNOS/c1-12(2,16)9-14-6-7-15-11-5-3-4-10(13)8-11/h3-5,8,14,16H,6-7,9H2,1-2H3. The molecular weight excluding hydrogens is 242 g/mol. The van der Waals surface area contributed by atoms with E-state index in [4.69, 9.17) is 16.3 Å². The molecule has 1 aromatic carbocycles. The molecular formula is C12H18ClNOS. The van der Waals surface area contributed by atoms with Crippen LogP contribution in [0.15, 0.2) is 24.3 Å². The highest BCUT2D eigenvalue weighted by Crippen LogP contribution is 2.16. The minimum atomic E-state index is 0.00998. The van der Waals surface area contributed by atoms with E-state index in [0.29, 0.717) is 11.6 Å². The van der Waals surface area contributed by atoms with E-state index in [1.54, 1.807) is 0 Å². The highest BCUT2D eigenvalue weighted by Gasteiger charge is 2.09. The monoisotopic (exact) mass is 259 g/mol. The first-order valence-corrected chi connectivity index (χ1v) is 6.11. The van der Waals surface area contributed by atoms with Gasteiger partial charge in [0.2, 0.25) is 0 Å². The minimum absolute atomic E-state index is 0.00998. The summed E-state index contributed by atoms with van der Waals surface area (Å²) in [5, 5.41) is 3.97. The van der Waals surface area contributed by atoms with E-state index in [1.807, 2.05) is 24.3 Å². The number of hydrogen-bond acceptors (Lipinski definition) is 3. The molecule has 0 aromatic heterocycles. The van der Waals surface area contributed by atoms with Crippen molar-refractivity contribution in [3.63, 3.8) is 0 Å². The van der Waals surface area contributed by atoms with Crippen molar-refractivity contribution < 1.29 is 4.74 Å². The Balaban J connectivity index is 2.17. The molecule has 0 heterocycles. The lowest BCUT2D eigenvalue weighted by Crippen LogP contribution is -2.32. The zero-order chi connectivity index (χ0) is 12.0. The van der Waals surface area contributed by atoms with Crippen molar-refractivity contribution >= 4 is 24.2 Å². The maximum Gasteiger partial charge on any atom is 0.120 e. The van der Waals surface area contributed by atoms with Gasteiger partial charge in [-0.1, -0.05) is 17.7 Å². The molecule has 0 fully saturated rings. The van der Waals surface area contributed by atoms with Gasteiger partial charge in [-0.3, -0.25) is 0 Å². The van der Waals surface area contributed by atoms with Gasteiger partial charge in [-0.05, 0) is 32.0 Å². The second-order valence-corrected chi connectivity index (χ2v) is 5.94. The molecule has 4 heteroatoms. The lowest BCUT2D eigenvalue weighted by molar-refractivity contribution is 0.312. The summed E-state index contributed by atoms with van der Waals surface area (Å²) in [5.41, 5.74) is 0. The van der Waals surface area contributed by atoms with Gasteiger partial charge in [0.25, 0.3) is 0 Å². The minimum Gasteiger partial charge on any atom is -0.492 e. The van der Waals surface area contributed by atoms with Crippen molar-refractivity contribution in [3.05, 3.63) is 29.3 Å². The highest BCUT2D eigenvalue weighted by molar-refractivity contribution is 7.81. The maximum absolute atomic E-state index is 5.84. The van der Waals surface area contributed by atoms with Gasteiger partial charge in [0.1, 0.15) is 12.4 Å². The van der Waals surface area contributed by atoms with Crippen LogP contribution >= 0.6 is 24.2 Å². The third-order valence-corrected chi connectivity index (χ3v) is 2.29. The first-order valence-electron chi connectivity index (χ1n) is 5.29. The van der Waals surface area contributed by atoms with E-state index in [-0.39, 0.29) is 4.75 Å². The Morgan fingerprint density at radius 2 is 2.19 bits per heavy atom. The summed E-state index contributed by atoms with van der Waals surface area (Å²) in [5.74, 6) is 0.805. The first-order chi connectivity index (χ1) is 7.47. The van der Waals surface area contributed by atoms with E-state index < -0.39 is 0 Å². The predicted octanol–water partition coefficient (Wildman–Crippen LogP) is 3.02. The van der Waals surface area contributed by atoms with E-state index in [9.17, 15) is 0 Å². The average Bonchev–Trinajstić information content (AvgIpc) is 2.15. The van der Waals surface area contributed by atoms with E-state index in [0.717, 1.165) is 18.8 Å². The SMILES string of the molecule is CC(C)(S)CNCCOc1cccc(Cl)c1. The molecule has 0 spiro atoms. The van der Waals surface area contributed by atoms with Gasteiger partial charge in [-0.25, -0.2) is 0 Å². The smallest absolute Gasteiger partial charge is 0.120 e. The van der Waals surface area contributed by atoms with E-state index in [1.165, 1.54) is 0 Å². The molecule has 90 valence electrons. The summed E-state index contributed by atoms with van der Waals surface area (Å²) in [6.07, 6.45) is 0. The summed E-state index contributed by atoms with van der Waals surface area (Å²) in [7, 11) is 0. The molecule has 1 aromatic rings. The summed E-state index contributed by atoms with van der Waals surface area (Å²) in [4.78, 5) is 0. The van der Waals surface area contributed by atoms with Crippen LogP contribution in [0, 0.1) is 0 Å². The molecule has 0 bridgehead atoms. The van der Waals surface area contributed by atoms with E-state index in [2.05, 4.69) is 31.8 Å². The van der Waals surface area contributed by atoms with Crippen LogP contribution in [0.2, 0.25) is 5.02 Å². The average molecular weight is 260 g/mol. The lowest BCUT2D eigenvalue weighted by Gasteiger charge is -2.17. The van der Waals surface area contributed by atoms with Gasteiger partial charge in [-0.15, -0.1) is 0 Å². The second-order valence-electron chi connectivity index (χ2n) is 4.30. The molecule has 0 saturated heterocycles. The molecule has 0 aliphatic carbocycles. The molecule has 0 atom stereocenters. The van der Waals surface area contributed by atoms with Crippen LogP contribution in [0.4, 0.5) is 0 Å². The molecule has 2 nitrogen and oxygen atoms in total. The van der Waals surface area contributed by atoms with Gasteiger partial charge in [-0.2, -0.15) is 12.6 Å². The van der Waals surface area contributed by atoms with Crippen LogP contribution in [-0.4, -0.2) is 24.4 Å². The molecule has 0 saturated carbocycles. The largest absolute Gasteiger partial charge is 0.492 e. The summed E-state index contributed by atoms with van der Waals surface area (Å²) >= 11 is 10.3. The summed E-state index contributed by atoms with van der Waals surface area (Å²) in [6.45, 7) is 6.43. The van der Waals surface area contributed by atoms with Gasteiger partial charge < -0.3 is 10.1 Å². The van der Waals surface area contributed by atoms with Crippen LogP contribution in [0.25, 0.3) is 0 Å². The molecule has 0 aliphatic rings. The fraction of sp³-hybridized carbons (Fsp3) is 0.500. The van der Waals surface area contributed by atoms with Crippen molar-refractivity contribution in [1.29, 1.82) is 0 Å². The molecule has 16 heavy (non-hydrogen) atoms. The van der Waals surface area contributed by atoms with Crippen molar-refractivity contribution in [2.45, 2.75) is 18.6 Å². The van der Waals surface area contributed by atoms with Crippen LogP contribution in [0.3, 0.4) is 0 Å². The van der Waals surface area contributed by atoms with Crippen molar-refractivity contribution in [1.82, 2.24) is 5.32 Å². The van der Waals surface area contributed by atoms with Gasteiger partial charge >= 0.3 is 0 Å². The number of nitrogens with one attached hydrogen (secondary N) is 1. The summed E-state index contributed by atoms with van der Waals surface area (Å²) < 4.78 is 5.54. The Morgan fingerprint density at radius 1 is 1.44 bits per heavy atom. The number of thiol groups is 1. The van der Waals surface area contributed by atoms with Gasteiger partial charge in [0, 0.05) is 22.9 Å². The second kappa shape index (κ2) is 6.38. The Hall–Kier alpha value is -0.380. The van der Waals surface area contributed by atoms with Crippen LogP contribution in [-0.2, 0) is 0 Å². The zero-order valence-electron chi connectivity index (χ0n) is 9.66. The molecule has 0 unspecified atom stereocenters. The zero-order valence-corrected chi connectivity index (χ0v) is 11.3. The number of ether oxygens (including phenoxy) is 1. The molecule has 0 radical (unpaired) electrons. The Morgan fingerprint density at radius 3 is 2.81 bits per heavy atom. The van der Waals surface area contributed by atoms with Crippen molar-refractivity contribution in [2.24, 2.45) is 0 Å². The topological polar surface area (TPSA) is 21.3 Å². The van der Waals surface area contributed by atoms with Crippen molar-refractivity contribution in [2.75, 3.05) is 19.7 Å². The van der Waals surface area contributed by atoms with Gasteiger partial charge in [0.15, 0.2) is 0 Å². The molecule has 0 aliphatic heterocycles. The summed E-state index contributed by atoms with van der Waals surface area (Å²) in [6, 6.07) is 7.41. The van der Waals surface area contributed by atoms with Crippen LogP contribution in [0.5, 0.6) is 5.75 Å². The third kappa shape index (κ3) is 6.26. The maximum atomic E-state index is 5.84. The Bertz CT molecular complexity index is 325. The molecule has 0 amide bonds. The number of hydrogen-bond donors (Lipinski definition) is 2. The Kier molecular flexibility index (Phi) is 5.46. The predicted molar refractivity (Wildman–Crippen MR) is 72.9 cm³/mol. The first kappa shape index (κ1) is 13.7. The van der Waals surface area contributed by atoms with Crippen LogP contribution < -0.4 is 10.1 Å². The lowest BCUT2D eigenvalue weighted by atomic mass is 10.2. The fourth-order valence-corrected chi connectivity index (χ4v) is 1.48. The third-order valence-electron chi connectivity index (χ3n) is 1.90. The van der Waals surface area contributed by atoms with Crippen LogP contribution in [0.1, 0.15) is 13.8 Å². The number of rotatable bonds is 6. The quantitative estimate of drug-likeness (QED) is 0.605. The van der Waals surface area contributed by atoms with Gasteiger partial charge in [0.05, 0.1) is 0 Å². The van der Waals surface area contributed by atoms with E-state index >= 15 is 0 Å². The number of halogens is 1. The van der Waals surface area contributed by atoms with Crippen molar-refractivity contribution in [3.8, 4) is 5.75 Å². The molecule has 1 N–H and O–H groups in total. The molecule has 1 rings (SSSR count). The Labute approximate surface area is 108 Å². The highest BCUT2D eigenvalue weighted by atomic mass is 35.5.